The molecule has 33 heavy (non-hydrogen) atoms. The van der Waals surface area contributed by atoms with Gasteiger partial charge in [-0.15, -0.1) is 0 Å². The monoisotopic (exact) mass is 432 g/mol. The summed E-state index contributed by atoms with van der Waals surface area (Å²) in [5, 5.41) is 12.7. The number of hydrogen-bond acceptors (Lipinski definition) is 3. The summed E-state index contributed by atoms with van der Waals surface area (Å²) in [6.45, 7) is 0.306. The summed E-state index contributed by atoms with van der Waals surface area (Å²) in [5.74, 6) is -0.725. The van der Waals surface area contributed by atoms with Crippen LogP contribution in [0.15, 0.2) is 109 Å². The first-order valence-electron chi connectivity index (χ1n) is 10.8. The van der Waals surface area contributed by atoms with Gasteiger partial charge in [0.1, 0.15) is 12.4 Å². The Labute approximate surface area is 192 Å². The molecule has 0 N–H and O–H groups in total. The van der Waals surface area contributed by atoms with Crippen molar-refractivity contribution in [2.45, 2.75) is 6.54 Å². The molecule has 162 valence electrons. The second-order valence-electron chi connectivity index (χ2n) is 7.93. The average Bonchev–Trinajstić information content (AvgIpc) is 3.27. The Bertz CT molecular complexity index is 1410. The number of hydrogen-bond donors (Lipinski definition) is 0. The molecule has 0 aliphatic rings. The molecule has 0 bridgehead atoms. The Kier molecular flexibility index (Phi) is 5.64. The van der Waals surface area contributed by atoms with Gasteiger partial charge in [0.05, 0.1) is 5.97 Å². The highest BCUT2D eigenvalue weighted by molar-refractivity contribution is 5.88. The van der Waals surface area contributed by atoms with Crippen molar-refractivity contribution in [3.8, 4) is 28.3 Å². The van der Waals surface area contributed by atoms with E-state index in [0.29, 0.717) is 5.75 Å². The minimum Gasteiger partial charge on any atom is -0.546 e. The lowest BCUT2D eigenvalue weighted by molar-refractivity contribution is -0.307. The maximum absolute atomic E-state index is 10.7. The van der Waals surface area contributed by atoms with Gasteiger partial charge in [0.15, 0.2) is 0 Å². The van der Waals surface area contributed by atoms with Crippen LogP contribution in [0.3, 0.4) is 0 Å². The van der Waals surface area contributed by atoms with Crippen molar-refractivity contribution in [1.29, 1.82) is 0 Å². The first-order chi connectivity index (χ1) is 16.2. The molecule has 4 nitrogen and oxygen atoms in total. The lowest BCUT2D eigenvalue weighted by Crippen LogP contribution is -2.28. The Morgan fingerprint density at radius 2 is 1.33 bits per heavy atom. The van der Waals surface area contributed by atoms with Gasteiger partial charge in [0, 0.05) is 17.9 Å². The number of benzene rings is 4. The largest absolute Gasteiger partial charge is 0.546 e. The highest BCUT2D eigenvalue weighted by Crippen LogP contribution is 2.32. The third kappa shape index (κ3) is 4.51. The number of carbonyl (C=O) groups is 1. The molecule has 0 saturated heterocycles. The minimum absolute atomic E-state index is 0.459. The van der Waals surface area contributed by atoms with Crippen LogP contribution in [0.25, 0.3) is 33.3 Å². The number of aliphatic carboxylic acids is 1. The molecule has 1 aromatic heterocycles. The van der Waals surface area contributed by atoms with Gasteiger partial charge in [-0.25, -0.2) is 0 Å². The predicted molar refractivity (Wildman–Crippen MR) is 129 cm³/mol. The average molecular weight is 432 g/mol. The number of carbonyl (C=O) groups excluding carboxylic acids is 1. The predicted octanol–water partition coefficient (Wildman–Crippen LogP) is 5.15. The first-order valence-corrected chi connectivity index (χ1v) is 10.8. The number of fused-ring (bicyclic) bond motifs is 1. The smallest absolute Gasteiger partial charge is 0.128 e. The zero-order chi connectivity index (χ0) is 22.6. The SMILES string of the molecule is O=C([O-])COc1ccc2cc(-c3ccc(-c4ccccc4)n3Cc3ccccc3)ccc2c1. The van der Waals surface area contributed by atoms with Crippen LogP contribution in [0.2, 0.25) is 0 Å². The summed E-state index contributed by atoms with van der Waals surface area (Å²) < 4.78 is 7.61. The van der Waals surface area contributed by atoms with Crippen molar-refractivity contribution < 1.29 is 14.6 Å². The molecule has 0 saturated carbocycles. The van der Waals surface area contributed by atoms with Crippen LogP contribution < -0.4 is 9.84 Å². The van der Waals surface area contributed by atoms with Crippen molar-refractivity contribution in [2.75, 3.05) is 6.61 Å². The standard InChI is InChI=1S/C29H23NO3/c31-29(32)20-33-26-14-13-23-17-25(12-11-24(23)18-26)28-16-15-27(22-9-5-2-6-10-22)30(28)19-21-7-3-1-4-8-21/h1-18H,19-20H2,(H,31,32)/p-1. The Hall–Kier alpha value is -4.31. The third-order valence-corrected chi connectivity index (χ3v) is 5.70. The summed E-state index contributed by atoms with van der Waals surface area (Å²) in [7, 11) is 0. The van der Waals surface area contributed by atoms with E-state index in [9.17, 15) is 9.90 Å². The van der Waals surface area contributed by atoms with Gasteiger partial charge in [-0.3, -0.25) is 0 Å². The van der Waals surface area contributed by atoms with Crippen LogP contribution >= 0.6 is 0 Å². The molecular weight excluding hydrogens is 410 g/mol. The zero-order valence-electron chi connectivity index (χ0n) is 18.0. The van der Waals surface area contributed by atoms with Crippen LogP contribution in [-0.4, -0.2) is 17.1 Å². The molecule has 0 atom stereocenters. The Morgan fingerprint density at radius 3 is 2.06 bits per heavy atom. The van der Waals surface area contributed by atoms with E-state index >= 15 is 0 Å². The number of aromatic nitrogens is 1. The summed E-state index contributed by atoms with van der Waals surface area (Å²) >= 11 is 0. The molecule has 0 amide bonds. The number of rotatable bonds is 7. The van der Waals surface area contributed by atoms with Gasteiger partial charge in [0.25, 0.3) is 0 Å². The summed E-state index contributed by atoms with van der Waals surface area (Å²) in [5.41, 5.74) is 5.83. The van der Waals surface area contributed by atoms with E-state index in [1.807, 2.05) is 30.3 Å². The summed E-state index contributed by atoms with van der Waals surface area (Å²) in [6.07, 6.45) is 0. The molecule has 0 aliphatic heterocycles. The van der Waals surface area contributed by atoms with Gasteiger partial charge < -0.3 is 19.2 Å². The maximum atomic E-state index is 10.7. The van der Waals surface area contributed by atoms with Gasteiger partial charge >= 0.3 is 0 Å². The topological polar surface area (TPSA) is 54.3 Å². The van der Waals surface area contributed by atoms with Gasteiger partial charge in [0.2, 0.25) is 0 Å². The second-order valence-corrected chi connectivity index (χ2v) is 7.93. The third-order valence-electron chi connectivity index (χ3n) is 5.70. The van der Waals surface area contributed by atoms with E-state index in [0.717, 1.165) is 28.6 Å². The van der Waals surface area contributed by atoms with Crippen LogP contribution in [0, 0.1) is 0 Å². The molecular formula is C29H22NO3-. The molecule has 5 aromatic rings. The Morgan fingerprint density at radius 1 is 0.697 bits per heavy atom. The quantitative estimate of drug-likeness (QED) is 0.357. The Balaban J connectivity index is 1.56. The van der Waals surface area contributed by atoms with E-state index in [1.54, 1.807) is 6.07 Å². The number of nitrogens with zero attached hydrogens (tertiary/aromatic N) is 1. The molecule has 5 rings (SSSR count). The normalized spacial score (nSPS) is 10.9. The van der Waals surface area contributed by atoms with Crippen molar-refractivity contribution >= 4 is 16.7 Å². The molecule has 0 spiro atoms. The zero-order valence-corrected chi connectivity index (χ0v) is 18.0. The van der Waals surface area contributed by atoms with Crippen molar-refractivity contribution in [2.24, 2.45) is 0 Å². The van der Waals surface area contributed by atoms with E-state index < -0.39 is 12.6 Å². The fourth-order valence-electron chi connectivity index (χ4n) is 4.13. The van der Waals surface area contributed by atoms with Gasteiger partial charge in [-0.1, -0.05) is 78.9 Å². The van der Waals surface area contributed by atoms with E-state index in [2.05, 4.69) is 77.4 Å². The molecule has 0 fully saturated rings. The first kappa shape index (κ1) is 20.6. The second kappa shape index (κ2) is 9.05. The number of carboxylic acids is 1. The molecule has 0 radical (unpaired) electrons. The molecule has 0 aliphatic carbocycles. The van der Waals surface area contributed by atoms with Gasteiger partial charge in [-0.05, 0) is 57.8 Å². The van der Waals surface area contributed by atoms with Crippen molar-refractivity contribution in [3.05, 3.63) is 115 Å². The molecule has 0 unspecified atom stereocenters. The van der Waals surface area contributed by atoms with Gasteiger partial charge in [-0.2, -0.15) is 0 Å². The highest BCUT2D eigenvalue weighted by atomic mass is 16.5. The lowest BCUT2D eigenvalue weighted by atomic mass is 10.0. The summed E-state index contributed by atoms with van der Waals surface area (Å²) in [6, 6.07) is 37.1. The molecule has 1 heterocycles. The highest BCUT2D eigenvalue weighted by Gasteiger charge is 2.13. The van der Waals surface area contributed by atoms with E-state index in [4.69, 9.17) is 4.74 Å². The number of carboxylic acid groups (broad SMARTS) is 1. The fourth-order valence-corrected chi connectivity index (χ4v) is 4.13. The summed E-state index contributed by atoms with van der Waals surface area (Å²) in [4.78, 5) is 10.7. The fraction of sp³-hybridized carbons (Fsp3) is 0.0690. The van der Waals surface area contributed by atoms with Crippen LogP contribution in [0.4, 0.5) is 0 Å². The van der Waals surface area contributed by atoms with Crippen LogP contribution in [-0.2, 0) is 11.3 Å². The van der Waals surface area contributed by atoms with Crippen molar-refractivity contribution in [3.63, 3.8) is 0 Å². The van der Waals surface area contributed by atoms with E-state index in [-0.39, 0.29) is 0 Å². The van der Waals surface area contributed by atoms with Crippen LogP contribution in [0.5, 0.6) is 5.75 Å². The van der Waals surface area contributed by atoms with Crippen LogP contribution in [0.1, 0.15) is 5.56 Å². The lowest BCUT2D eigenvalue weighted by Gasteiger charge is -2.15. The molecule has 4 aromatic carbocycles. The minimum atomic E-state index is -1.24. The van der Waals surface area contributed by atoms with E-state index in [1.165, 1.54) is 16.8 Å². The molecule has 4 heteroatoms. The maximum Gasteiger partial charge on any atom is 0.128 e. The van der Waals surface area contributed by atoms with Crippen molar-refractivity contribution in [1.82, 2.24) is 4.57 Å². The number of ether oxygens (including phenoxy) is 1.